The summed E-state index contributed by atoms with van der Waals surface area (Å²) in [6.45, 7) is 24.5. The summed E-state index contributed by atoms with van der Waals surface area (Å²) in [6.07, 6.45) is 17.9. The molecule has 0 aromatic heterocycles. The number of hydrogen-bond acceptors (Lipinski definition) is 2. The zero-order chi connectivity index (χ0) is 24.9. The minimum Gasteiger partial charge on any atom is -0.301 e. The third kappa shape index (κ3) is 7.47. The highest BCUT2D eigenvalue weighted by Gasteiger charge is 2.41. The first-order valence-corrected chi connectivity index (χ1v) is 15.5. The highest BCUT2D eigenvalue weighted by Crippen LogP contribution is 2.49. The minimum atomic E-state index is 0.690. The smallest absolute Gasteiger partial charge is 0.00408 e. The zero-order valence-corrected chi connectivity index (χ0v) is 24.7. The van der Waals surface area contributed by atoms with Crippen LogP contribution in [0.4, 0.5) is 0 Å². The summed E-state index contributed by atoms with van der Waals surface area (Å²) in [4.78, 5) is 5.40. The lowest BCUT2D eigenvalue weighted by molar-refractivity contribution is 0.0100. The summed E-state index contributed by atoms with van der Waals surface area (Å²) < 4.78 is 0. The van der Waals surface area contributed by atoms with E-state index in [1.54, 1.807) is 0 Å². The van der Waals surface area contributed by atoms with Gasteiger partial charge in [0.25, 0.3) is 0 Å². The van der Waals surface area contributed by atoms with Gasteiger partial charge in [-0.05, 0) is 133 Å². The number of piperidine rings is 2. The molecule has 4 aliphatic rings. The van der Waals surface area contributed by atoms with Gasteiger partial charge in [-0.25, -0.2) is 0 Å². The first kappa shape index (κ1) is 28.5. The van der Waals surface area contributed by atoms with E-state index in [0.717, 1.165) is 41.2 Å². The lowest BCUT2D eigenvalue weighted by Crippen LogP contribution is -2.48. The fourth-order valence-corrected chi connectivity index (χ4v) is 8.16. The topological polar surface area (TPSA) is 6.48 Å². The Morgan fingerprint density at radius 2 is 1.00 bits per heavy atom. The van der Waals surface area contributed by atoms with Crippen molar-refractivity contribution < 1.29 is 0 Å². The summed E-state index contributed by atoms with van der Waals surface area (Å²) in [5.74, 6) is 3.79. The lowest BCUT2D eigenvalue weighted by atomic mass is 9.62. The second-order valence-corrected chi connectivity index (χ2v) is 14.5. The third-order valence-corrected chi connectivity index (χ3v) is 10.9. The average molecular weight is 475 g/mol. The highest BCUT2D eigenvalue weighted by molar-refractivity contribution is 4.94. The van der Waals surface area contributed by atoms with Crippen molar-refractivity contribution in [3.8, 4) is 0 Å². The van der Waals surface area contributed by atoms with Crippen LogP contribution in [0, 0.1) is 34.5 Å². The minimum absolute atomic E-state index is 0.690. The Morgan fingerprint density at radius 3 is 1.50 bits per heavy atom. The molecule has 2 nitrogen and oxygen atoms in total. The van der Waals surface area contributed by atoms with E-state index in [1.165, 1.54) is 103 Å². The standard InChI is InChI=1S/2C16H31N/c1-13(2)15-7-5-8-16(11-15)9-6-10-17(12-16)14(3)4;1-13(2)15-6-5-7-16(12-15)8-10-17(11-9-16)14(3)4/h2*13-15H,5-12H2,1-4H3. The molecule has 2 aliphatic heterocycles. The number of rotatable bonds is 4. The molecular weight excluding hydrogens is 412 g/mol. The van der Waals surface area contributed by atoms with Gasteiger partial charge in [0.1, 0.15) is 0 Å². The van der Waals surface area contributed by atoms with Crippen LogP contribution in [-0.2, 0) is 0 Å². The molecular formula is C32H62N2. The van der Waals surface area contributed by atoms with E-state index < -0.39 is 0 Å². The van der Waals surface area contributed by atoms with Crippen molar-refractivity contribution >= 4 is 0 Å². The van der Waals surface area contributed by atoms with Crippen molar-refractivity contribution in [3.63, 3.8) is 0 Å². The molecule has 0 aromatic carbocycles. The van der Waals surface area contributed by atoms with E-state index in [-0.39, 0.29) is 0 Å². The van der Waals surface area contributed by atoms with Crippen LogP contribution in [0.15, 0.2) is 0 Å². The van der Waals surface area contributed by atoms with Crippen molar-refractivity contribution in [1.29, 1.82) is 0 Å². The molecule has 2 heteroatoms. The molecule has 0 aromatic rings. The predicted octanol–water partition coefficient (Wildman–Crippen LogP) is 8.65. The Labute approximate surface area is 215 Å². The van der Waals surface area contributed by atoms with E-state index >= 15 is 0 Å². The number of nitrogens with zero attached hydrogens (tertiary/aromatic N) is 2. The predicted molar refractivity (Wildman–Crippen MR) is 150 cm³/mol. The summed E-state index contributed by atoms with van der Waals surface area (Å²) in [5.41, 5.74) is 1.42. The molecule has 0 N–H and O–H groups in total. The van der Waals surface area contributed by atoms with E-state index in [1.807, 2.05) is 0 Å². The molecule has 200 valence electrons. The van der Waals surface area contributed by atoms with Crippen molar-refractivity contribution in [2.24, 2.45) is 34.5 Å². The first-order chi connectivity index (χ1) is 16.0. The second kappa shape index (κ2) is 12.4. The van der Waals surface area contributed by atoms with Crippen LogP contribution in [0.2, 0.25) is 0 Å². The maximum atomic E-state index is 2.73. The molecule has 0 bridgehead atoms. The molecule has 3 atom stereocenters. The lowest BCUT2D eigenvalue weighted by Gasteiger charge is -2.49. The van der Waals surface area contributed by atoms with Crippen molar-refractivity contribution in [2.75, 3.05) is 26.2 Å². The fourth-order valence-electron chi connectivity index (χ4n) is 8.16. The van der Waals surface area contributed by atoms with Gasteiger partial charge in [0.05, 0.1) is 0 Å². The summed E-state index contributed by atoms with van der Waals surface area (Å²) in [7, 11) is 0. The third-order valence-electron chi connectivity index (χ3n) is 10.9. The van der Waals surface area contributed by atoms with Gasteiger partial charge in [0.2, 0.25) is 0 Å². The molecule has 4 rings (SSSR count). The van der Waals surface area contributed by atoms with Crippen LogP contribution in [-0.4, -0.2) is 48.1 Å². The second-order valence-electron chi connectivity index (χ2n) is 14.5. The monoisotopic (exact) mass is 474 g/mol. The van der Waals surface area contributed by atoms with E-state index in [0.29, 0.717) is 5.41 Å². The van der Waals surface area contributed by atoms with Gasteiger partial charge in [-0.2, -0.15) is 0 Å². The van der Waals surface area contributed by atoms with E-state index in [4.69, 9.17) is 0 Å². The van der Waals surface area contributed by atoms with Crippen LogP contribution >= 0.6 is 0 Å². The van der Waals surface area contributed by atoms with Crippen LogP contribution in [0.3, 0.4) is 0 Å². The van der Waals surface area contributed by atoms with Crippen LogP contribution < -0.4 is 0 Å². The van der Waals surface area contributed by atoms with Crippen LogP contribution in [0.1, 0.15) is 132 Å². The Morgan fingerprint density at radius 1 is 0.529 bits per heavy atom. The number of likely N-dealkylation sites (tertiary alicyclic amines) is 2. The molecule has 0 amide bonds. The maximum Gasteiger partial charge on any atom is 0.00408 e. The molecule has 2 aliphatic carbocycles. The summed E-state index contributed by atoms with van der Waals surface area (Å²) in [5, 5.41) is 0. The van der Waals surface area contributed by atoms with Crippen molar-refractivity contribution in [1.82, 2.24) is 9.80 Å². The molecule has 4 fully saturated rings. The van der Waals surface area contributed by atoms with Gasteiger partial charge in [0, 0.05) is 18.6 Å². The summed E-state index contributed by atoms with van der Waals surface area (Å²) >= 11 is 0. The van der Waals surface area contributed by atoms with Gasteiger partial charge in [-0.15, -0.1) is 0 Å². The van der Waals surface area contributed by atoms with Gasteiger partial charge in [-0.3, -0.25) is 0 Å². The molecule has 3 unspecified atom stereocenters. The Balaban J connectivity index is 0.000000191. The SMILES string of the molecule is CC(C)C1CCCC2(CCCN(C(C)C)C2)C1.CC(C)C1CCCC2(CCN(C(C)C)CC2)C1. The maximum absolute atomic E-state index is 2.73. The van der Waals surface area contributed by atoms with Gasteiger partial charge < -0.3 is 9.80 Å². The largest absolute Gasteiger partial charge is 0.301 e. The van der Waals surface area contributed by atoms with Crippen molar-refractivity contribution in [3.05, 3.63) is 0 Å². The molecule has 0 radical (unpaired) electrons. The van der Waals surface area contributed by atoms with E-state index in [9.17, 15) is 0 Å². The molecule has 34 heavy (non-hydrogen) atoms. The summed E-state index contributed by atoms with van der Waals surface area (Å²) in [6, 6.07) is 1.49. The van der Waals surface area contributed by atoms with Crippen molar-refractivity contribution in [2.45, 2.75) is 145 Å². The van der Waals surface area contributed by atoms with Gasteiger partial charge in [0.15, 0.2) is 0 Å². The van der Waals surface area contributed by atoms with E-state index in [2.05, 4.69) is 65.2 Å². The quantitative estimate of drug-likeness (QED) is 0.402. The van der Waals surface area contributed by atoms with Gasteiger partial charge in [-0.1, -0.05) is 53.4 Å². The average Bonchev–Trinajstić information content (AvgIpc) is 2.80. The van der Waals surface area contributed by atoms with Crippen LogP contribution in [0.5, 0.6) is 0 Å². The molecule has 2 spiro atoms. The first-order valence-electron chi connectivity index (χ1n) is 15.5. The fraction of sp³-hybridized carbons (Fsp3) is 1.00. The normalized spacial score (nSPS) is 33.2. The van der Waals surface area contributed by atoms with Gasteiger partial charge >= 0.3 is 0 Å². The molecule has 2 saturated carbocycles. The Kier molecular flexibility index (Phi) is 10.4. The number of hydrogen-bond donors (Lipinski definition) is 0. The molecule has 2 heterocycles. The highest BCUT2D eigenvalue weighted by atomic mass is 15.2. The Hall–Kier alpha value is -0.0800. The van der Waals surface area contributed by atoms with Crippen LogP contribution in [0.25, 0.3) is 0 Å². The Bertz CT molecular complexity index is 558. The zero-order valence-electron chi connectivity index (χ0n) is 24.7. The molecule has 2 saturated heterocycles.